The Bertz CT molecular complexity index is 642. The van der Waals surface area contributed by atoms with E-state index in [1.54, 1.807) is 0 Å². The average molecular weight is 341 g/mol. The molecule has 0 unspecified atom stereocenters. The summed E-state index contributed by atoms with van der Waals surface area (Å²) in [6, 6.07) is 5.51. The van der Waals surface area contributed by atoms with Gasteiger partial charge in [-0.1, -0.05) is 25.0 Å². The minimum atomic E-state index is -3.90. The lowest BCUT2D eigenvalue weighted by atomic mass is 10.1. The van der Waals surface area contributed by atoms with Crippen molar-refractivity contribution in [2.45, 2.75) is 37.0 Å². The van der Waals surface area contributed by atoms with Crippen molar-refractivity contribution >= 4 is 15.7 Å². The number of nitrogens with zero attached hydrogens (tertiary/aromatic N) is 2. The van der Waals surface area contributed by atoms with Crippen molar-refractivity contribution in [2.75, 3.05) is 19.6 Å². The molecule has 0 aliphatic heterocycles. The molecular weight excluding hydrogens is 318 g/mol. The molecule has 0 heterocycles. The van der Waals surface area contributed by atoms with Crippen molar-refractivity contribution in [2.24, 2.45) is 11.7 Å². The summed E-state index contributed by atoms with van der Waals surface area (Å²) in [6.07, 6.45) is 4.77. The van der Waals surface area contributed by atoms with Crippen LogP contribution in [0.1, 0.15) is 32.1 Å². The van der Waals surface area contributed by atoms with Gasteiger partial charge < -0.3 is 5.73 Å². The average Bonchev–Trinajstić information content (AvgIpc) is 3.04. The minimum absolute atomic E-state index is 0.236. The lowest BCUT2D eigenvalue weighted by Gasteiger charge is -2.24. The topological polar surface area (TPSA) is 107 Å². The molecule has 0 saturated heterocycles. The molecule has 1 fully saturated rings. The van der Waals surface area contributed by atoms with Gasteiger partial charge in [-0.3, -0.25) is 10.1 Å². The van der Waals surface area contributed by atoms with E-state index in [1.165, 1.54) is 28.6 Å². The van der Waals surface area contributed by atoms with Crippen LogP contribution >= 0.6 is 0 Å². The van der Waals surface area contributed by atoms with Gasteiger partial charge in [-0.2, -0.15) is 4.31 Å². The highest BCUT2D eigenvalue weighted by atomic mass is 32.2. The molecule has 2 rings (SSSR count). The first-order valence-electron chi connectivity index (χ1n) is 7.90. The number of hydrogen-bond donors (Lipinski definition) is 1. The lowest BCUT2D eigenvalue weighted by Crippen LogP contribution is -2.36. The third-order valence-electron chi connectivity index (χ3n) is 4.23. The second-order valence-corrected chi connectivity index (χ2v) is 7.79. The Morgan fingerprint density at radius 1 is 1.26 bits per heavy atom. The van der Waals surface area contributed by atoms with Crippen LogP contribution in [0.5, 0.6) is 0 Å². The van der Waals surface area contributed by atoms with Gasteiger partial charge in [-0.25, -0.2) is 8.42 Å². The van der Waals surface area contributed by atoms with Crippen molar-refractivity contribution in [3.63, 3.8) is 0 Å². The standard InChI is InChI=1S/C15H23N3O4S/c16-10-5-11-17(12-13-6-1-2-7-13)23(21,22)15-9-4-3-8-14(15)18(19)20/h3-4,8-9,13H,1-2,5-7,10-12,16H2. The summed E-state index contributed by atoms with van der Waals surface area (Å²) in [5.41, 5.74) is 5.14. The molecule has 0 spiro atoms. The van der Waals surface area contributed by atoms with E-state index in [4.69, 9.17) is 5.73 Å². The van der Waals surface area contributed by atoms with E-state index in [0.29, 0.717) is 32.0 Å². The Balaban J connectivity index is 2.32. The molecule has 7 nitrogen and oxygen atoms in total. The van der Waals surface area contributed by atoms with Gasteiger partial charge in [-0.05, 0) is 37.8 Å². The molecule has 0 atom stereocenters. The van der Waals surface area contributed by atoms with E-state index in [9.17, 15) is 18.5 Å². The van der Waals surface area contributed by atoms with Gasteiger partial charge >= 0.3 is 0 Å². The van der Waals surface area contributed by atoms with Crippen LogP contribution < -0.4 is 5.73 Å². The number of hydrogen-bond acceptors (Lipinski definition) is 5. The molecule has 8 heteroatoms. The highest BCUT2D eigenvalue weighted by molar-refractivity contribution is 7.89. The van der Waals surface area contributed by atoms with Gasteiger partial charge in [-0.15, -0.1) is 0 Å². The van der Waals surface area contributed by atoms with Crippen molar-refractivity contribution in [1.82, 2.24) is 4.31 Å². The molecule has 2 N–H and O–H groups in total. The van der Waals surface area contributed by atoms with Gasteiger partial charge in [0.15, 0.2) is 4.90 Å². The summed E-state index contributed by atoms with van der Waals surface area (Å²) in [4.78, 5) is 10.3. The number of sulfonamides is 1. The second-order valence-electron chi connectivity index (χ2n) is 5.88. The number of nitro benzene ring substituents is 1. The smallest absolute Gasteiger partial charge is 0.289 e. The summed E-state index contributed by atoms with van der Waals surface area (Å²) in [7, 11) is -3.90. The Kier molecular flexibility index (Phi) is 6.09. The zero-order valence-corrected chi connectivity index (χ0v) is 13.9. The van der Waals surface area contributed by atoms with Crippen LogP contribution in [-0.4, -0.2) is 37.3 Å². The van der Waals surface area contributed by atoms with Crippen molar-refractivity contribution in [3.8, 4) is 0 Å². The van der Waals surface area contributed by atoms with Crippen LogP contribution in [0.15, 0.2) is 29.2 Å². The Hall–Kier alpha value is -1.51. The molecule has 0 amide bonds. The predicted molar refractivity (Wildman–Crippen MR) is 87.5 cm³/mol. The maximum absolute atomic E-state index is 12.9. The van der Waals surface area contributed by atoms with Crippen LogP contribution in [0.2, 0.25) is 0 Å². The molecule has 1 aromatic carbocycles. The quantitative estimate of drug-likeness (QED) is 0.576. The molecule has 1 aliphatic rings. The summed E-state index contributed by atoms with van der Waals surface area (Å²) < 4.78 is 27.2. The van der Waals surface area contributed by atoms with Crippen LogP contribution in [0.25, 0.3) is 0 Å². The summed E-state index contributed by atoms with van der Waals surface area (Å²) in [5.74, 6) is 0.324. The van der Waals surface area contributed by atoms with E-state index >= 15 is 0 Å². The van der Waals surface area contributed by atoms with Crippen molar-refractivity contribution in [1.29, 1.82) is 0 Å². The van der Waals surface area contributed by atoms with Crippen LogP contribution in [0, 0.1) is 16.0 Å². The third kappa shape index (κ3) is 4.27. The molecule has 1 aromatic rings. The number of nitrogens with two attached hydrogens (primary N) is 1. The number of benzene rings is 1. The monoisotopic (exact) mass is 341 g/mol. The number of rotatable bonds is 8. The molecule has 23 heavy (non-hydrogen) atoms. The zero-order chi connectivity index (χ0) is 16.9. The zero-order valence-electron chi connectivity index (χ0n) is 13.1. The minimum Gasteiger partial charge on any atom is -0.330 e. The highest BCUT2D eigenvalue weighted by Crippen LogP contribution is 2.30. The third-order valence-corrected chi connectivity index (χ3v) is 6.14. The van der Waals surface area contributed by atoms with Gasteiger partial charge in [0.1, 0.15) is 0 Å². The fraction of sp³-hybridized carbons (Fsp3) is 0.600. The molecule has 0 aromatic heterocycles. The second kappa shape index (κ2) is 7.85. The van der Waals surface area contributed by atoms with E-state index in [-0.39, 0.29) is 10.6 Å². The Morgan fingerprint density at radius 2 is 1.91 bits per heavy atom. The molecular formula is C15H23N3O4S. The number of para-hydroxylation sites is 1. The van der Waals surface area contributed by atoms with E-state index in [1.807, 2.05) is 0 Å². The normalized spacial score (nSPS) is 16.1. The van der Waals surface area contributed by atoms with E-state index in [2.05, 4.69) is 0 Å². The first-order valence-corrected chi connectivity index (χ1v) is 9.34. The molecule has 128 valence electrons. The van der Waals surface area contributed by atoms with Crippen LogP contribution in [0.4, 0.5) is 5.69 Å². The van der Waals surface area contributed by atoms with Gasteiger partial charge in [0.05, 0.1) is 4.92 Å². The van der Waals surface area contributed by atoms with Crippen molar-refractivity contribution < 1.29 is 13.3 Å². The van der Waals surface area contributed by atoms with Gasteiger partial charge in [0, 0.05) is 19.2 Å². The van der Waals surface area contributed by atoms with Gasteiger partial charge in [0.2, 0.25) is 10.0 Å². The van der Waals surface area contributed by atoms with Crippen molar-refractivity contribution in [3.05, 3.63) is 34.4 Å². The maximum atomic E-state index is 12.9. The first-order chi connectivity index (χ1) is 11.0. The largest absolute Gasteiger partial charge is 0.330 e. The summed E-state index contributed by atoms with van der Waals surface area (Å²) in [5, 5.41) is 11.2. The fourth-order valence-electron chi connectivity index (χ4n) is 3.02. The van der Waals surface area contributed by atoms with Crippen LogP contribution in [0.3, 0.4) is 0 Å². The van der Waals surface area contributed by atoms with E-state index < -0.39 is 14.9 Å². The van der Waals surface area contributed by atoms with E-state index in [0.717, 1.165) is 25.7 Å². The molecule has 0 bridgehead atoms. The molecule has 1 saturated carbocycles. The first kappa shape index (κ1) is 17.8. The highest BCUT2D eigenvalue weighted by Gasteiger charge is 2.33. The molecule has 0 radical (unpaired) electrons. The molecule has 1 aliphatic carbocycles. The number of nitro groups is 1. The SMILES string of the molecule is NCCCN(CC1CCCC1)S(=O)(=O)c1ccccc1[N+](=O)[O-]. The maximum Gasteiger partial charge on any atom is 0.289 e. The lowest BCUT2D eigenvalue weighted by molar-refractivity contribution is -0.387. The Labute approximate surface area is 136 Å². The Morgan fingerprint density at radius 3 is 2.52 bits per heavy atom. The van der Waals surface area contributed by atoms with Crippen LogP contribution in [-0.2, 0) is 10.0 Å². The summed E-state index contributed by atoms with van der Waals surface area (Å²) >= 11 is 0. The fourth-order valence-corrected chi connectivity index (χ4v) is 4.74. The predicted octanol–water partition coefficient (Wildman–Crippen LogP) is 2.12. The van der Waals surface area contributed by atoms with Gasteiger partial charge in [0.25, 0.3) is 5.69 Å². The summed E-state index contributed by atoms with van der Waals surface area (Å²) in [6.45, 7) is 1.09.